The third-order valence-electron chi connectivity index (χ3n) is 2.79. The minimum atomic E-state index is 0.106. The van der Waals surface area contributed by atoms with Gasteiger partial charge in [0.2, 0.25) is 0 Å². The van der Waals surface area contributed by atoms with E-state index in [0.29, 0.717) is 17.7 Å². The van der Waals surface area contributed by atoms with Crippen molar-refractivity contribution in [1.82, 2.24) is 4.90 Å². The highest BCUT2D eigenvalue weighted by molar-refractivity contribution is 6.17. The third kappa shape index (κ3) is 5.23. The summed E-state index contributed by atoms with van der Waals surface area (Å²) in [5.41, 5.74) is 1.72. The van der Waals surface area contributed by atoms with Crippen LogP contribution in [-0.4, -0.2) is 23.9 Å². The lowest BCUT2D eigenvalue weighted by atomic mass is 10.1. The topological polar surface area (TPSA) is 20.3 Å². The molecule has 1 rings (SSSR count). The number of nitrogens with zero attached hydrogens (tertiary/aromatic N) is 1. The Labute approximate surface area is 121 Å². The van der Waals surface area contributed by atoms with Crippen molar-refractivity contribution in [2.24, 2.45) is 11.8 Å². The van der Waals surface area contributed by atoms with Gasteiger partial charge in [-0.15, -0.1) is 11.6 Å². The van der Waals surface area contributed by atoms with Crippen LogP contribution in [0.4, 0.5) is 0 Å². The van der Waals surface area contributed by atoms with Crippen molar-refractivity contribution < 1.29 is 4.79 Å². The molecular formula is C16H24ClNO. The highest BCUT2D eigenvalue weighted by Crippen LogP contribution is 2.13. The van der Waals surface area contributed by atoms with Gasteiger partial charge in [-0.25, -0.2) is 0 Å². The fraction of sp³-hybridized carbons (Fsp3) is 0.562. The molecule has 0 aliphatic rings. The normalized spacial score (nSPS) is 11.1. The molecule has 106 valence electrons. The quantitative estimate of drug-likeness (QED) is 0.716. The van der Waals surface area contributed by atoms with E-state index >= 15 is 0 Å². The Hall–Kier alpha value is -1.02. The largest absolute Gasteiger partial charge is 0.338 e. The molecule has 19 heavy (non-hydrogen) atoms. The van der Waals surface area contributed by atoms with Gasteiger partial charge in [0, 0.05) is 24.5 Å². The van der Waals surface area contributed by atoms with Gasteiger partial charge in [-0.05, 0) is 29.5 Å². The van der Waals surface area contributed by atoms with Crippen molar-refractivity contribution in [3.63, 3.8) is 0 Å². The molecule has 2 nitrogen and oxygen atoms in total. The van der Waals surface area contributed by atoms with Crippen LogP contribution in [0.3, 0.4) is 0 Å². The summed E-state index contributed by atoms with van der Waals surface area (Å²) in [6, 6.07) is 7.60. The first-order valence-corrected chi connectivity index (χ1v) is 7.41. The summed E-state index contributed by atoms with van der Waals surface area (Å²) >= 11 is 5.83. The van der Waals surface area contributed by atoms with E-state index in [1.54, 1.807) is 0 Å². The van der Waals surface area contributed by atoms with Crippen LogP contribution in [0.25, 0.3) is 0 Å². The van der Waals surface area contributed by atoms with Gasteiger partial charge in [-0.3, -0.25) is 4.79 Å². The van der Waals surface area contributed by atoms with Gasteiger partial charge in [0.1, 0.15) is 0 Å². The second-order valence-electron chi connectivity index (χ2n) is 5.83. The second kappa shape index (κ2) is 7.54. The average Bonchev–Trinajstić information content (AvgIpc) is 2.36. The summed E-state index contributed by atoms with van der Waals surface area (Å²) in [5, 5.41) is 0. The van der Waals surface area contributed by atoms with E-state index in [2.05, 4.69) is 27.7 Å². The number of benzene rings is 1. The lowest BCUT2D eigenvalue weighted by molar-refractivity contribution is 0.0715. The highest BCUT2D eigenvalue weighted by Gasteiger charge is 2.18. The zero-order valence-electron chi connectivity index (χ0n) is 12.3. The molecule has 0 bridgehead atoms. The maximum absolute atomic E-state index is 12.6. The number of carbonyl (C=O) groups is 1. The molecule has 3 heteroatoms. The second-order valence-corrected chi connectivity index (χ2v) is 6.10. The number of alkyl halides is 1. The molecule has 0 aliphatic heterocycles. The summed E-state index contributed by atoms with van der Waals surface area (Å²) in [6.07, 6.45) is 0. The highest BCUT2D eigenvalue weighted by atomic mass is 35.5. The standard InChI is InChI=1S/C16H24ClNO/c1-12(2)10-18(11-13(3)4)16(19)15-7-5-6-14(8-15)9-17/h5-8,12-13H,9-11H2,1-4H3. The SMILES string of the molecule is CC(C)CN(CC(C)C)C(=O)c1cccc(CCl)c1. The van der Waals surface area contributed by atoms with E-state index in [-0.39, 0.29) is 5.91 Å². The lowest BCUT2D eigenvalue weighted by Crippen LogP contribution is -2.37. The van der Waals surface area contributed by atoms with Crippen LogP contribution in [0.15, 0.2) is 24.3 Å². The minimum Gasteiger partial charge on any atom is -0.338 e. The van der Waals surface area contributed by atoms with E-state index < -0.39 is 0 Å². The maximum atomic E-state index is 12.6. The van der Waals surface area contributed by atoms with Crippen LogP contribution in [0.1, 0.15) is 43.6 Å². The molecule has 0 radical (unpaired) electrons. The van der Waals surface area contributed by atoms with E-state index in [9.17, 15) is 4.79 Å². The molecule has 0 saturated heterocycles. The molecule has 0 spiro atoms. The summed E-state index contributed by atoms with van der Waals surface area (Å²) < 4.78 is 0. The fourth-order valence-corrected chi connectivity index (χ4v) is 2.26. The average molecular weight is 282 g/mol. The number of rotatable bonds is 6. The van der Waals surface area contributed by atoms with Crippen molar-refractivity contribution in [2.45, 2.75) is 33.6 Å². The van der Waals surface area contributed by atoms with Crippen molar-refractivity contribution in [3.05, 3.63) is 35.4 Å². The van der Waals surface area contributed by atoms with Crippen molar-refractivity contribution >= 4 is 17.5 Å². The van der Waals surface area contributed by atoms with Gasteiger partial charge in [0.05, 0.1) is 0 Å². The maximum Gasteiger partial charge on any atom is 0.253 e. The van der Waals surface area contributed by atoms with Crippen LogP contribution in [0.5, 0.6) is 0 Å². The fourth-order valence-electron chi connectivity index (χ4n) is 2.09. The Balaban J connectivity index is 2.90. The van der Waals surface area contributed by atoms with Crippen molar-refractivity contribution in [2.75, 3.05) is 13.1 Å². The lowest BCUT2D eigenvalue weighted by Gasteiger charge is -2.26. The van der Waals surface area contributed by atoms with Crippen molar-refractivity contribution in [3.8, 4) is 0 Å². The molecule has 0 fully saturated rings. The van der Waals surface area contributed by atoms with E-state index in [0.717, 1.165) is 24.2 Å². The zero-order valence-corrected chi connectivity index (χ0v) is 13.1. The van der Waals surface area contributed by atoms with Crippen LogP contribution in [0.2, 0.25) is 0 Å². The van der Waals surface area contributed by atoms with E-state index in [1.165, 1.54) is 0 Å². The predicted octanol–water partition coefficient (Wildman–Crippen LogP) is 4.18. The number of halogens is 1. The summed E-state index contributed by atoms with van der Waals surface area (Å²) in [4.78, 5) is 14.5. The van der Waals surface area contributed by atoms with Gasteiger partial charge in [-0.1, -0.05) is 39.8 Å². The Kier molecular flexibility index (Phi) is 6.36. The first-order chi connectivity index (χ1) is 8.93. The van der Waals surface area contributed by atoms with Crippen LogP contribution >= 0.6 is 11.6 Å². The zero-order chi connectivity index (χ0) is 14.4. The van der Waals surface area contributed by atoms with Gasteiger partial charge in [0.15, 0.2) is 0 Å². The summed E-state index contributed by atoms with van der Waals surface area (Å²) in [7, 11) is 0. The van der Waals surface area contributed by atoms with Crippen LogP contribution in [-0.2, 0) is 5.88 Å². The van der Waals surface area contributed by atoms with Crippen LogP contribution < -0.4 is 0 Å². The molecule has 0 saturated carbocycles. The van der Waals surface area contributed by atoms with Crippen LogP contribution in [0, 0.1) is 11.8 Å². The molecule has 0 heterocycles. The number of hydrogen-bond donors (Lipinski definition) is 0. The Morgan fingerprint density at radius 3 is 2.21 bits per heavy atom. The van der Waals surface area contributed by atoms with E-state index in [1.807, 2.05) is 29.2 Å². The van der Waals surface area contributed by atoms with Gasteiger partial charge in [0.25, 0.3) is 5.91 Å². The number of carbonyl (C=O) groups excluding carboxylic acids is 1. The molecule has 0 unspecified atom stereocenters. The Morgan fingerprint density at radius 1 is 1.16 bits per heavy atom. The number of hydrogen-bond acceptors (Lipinski definition) is 1. The molecule has 1 aromatic carbocycles. The predicted molar refractivity (Wildman–Crippen MR) is 81.6 cm³/mol. The molecule has 0 aromatic heterocycles. The number of amides is 1. The molecule has 1 amide bonds. The molecule has 0 N–H and O–H groups in total. The summed E-state index contributed by atoms with van der Waals surface area (Å²) in [6.45, 7) is 10.1. The first kappa shape index (κ1) is 16.0. The summed E-state index contributed by atoms with van der Waals surface area (Å²) in [5.74, 6) is 1.49. The van der Waals surface area contributed by atoms with Gasteiger partial charge >= 0.3 is 0 Å². The smallest absolute Gasteiger partial charge is 0.253 e. The van der Waals surface area contributed by atoms with E-state index in [4.69, 9.17) is 11.6 Å². The van der Waals surface area contributed by atoms with Gasteiger partial charge < -0.3 is 4.90 Å². The minimum absolute atomic E-state index is 0.106. The molecule has 0 aliphatic carbocycles. The monoisotopic (exact) mass is 281 g/mol. The molecule has 0 atom stereocenters. The van der Waals surface area contributed by atoms with Gasteiger partial charge in [-0.2, -0.15) is 0 Å². The molecular weight excluding hydrogens is 258 g/mol. The van der Waals surface area contributed by atoms with Crippen molar-refractivity contribution in [1.29, 1.82) is 0 Å². The Bertz CT molecular complexity index is 405. The first-order valence-electron chi connectivity index (χ1n) is 6.88. The molecule has 1 aromatic rings. The third-order valence-corrected chi connectivity index (χ3v) is 3.10. The Morgan fingerprint density at radius 2 is 1.74 bits per heavy atom.